The number of fused-ring (bicyclic) bond motifs is 1. The third-order valence-electron chi connectivity index (χ3n) is 4.03. The molecule has 5 heteroatoms. The summed E-state index contributed by atoms with van der Waals surface area (Å²) in [5, 5.41) is 3.43. The Morgan fingerprint density at radius 2 is 2.53 bits per heavy atom. The first-order chi connectivity index (χ1) is 8.31. The molecule has 2 aliphatic rings. The fourth-order valence-corrected chi connectivity index (χ4v) is 2.98. The summed E-state index contributed by atoms with van der Waals surface area (Å²) < 4.78 is 7.89. The number of nitrogens with one attached hydrogen (secondary N) is 1. The van der Waals surface area contributed by atoms with Crippen LogP contribution >= 0.6 is 0 Å². The number of ether oxygens (including phenoxy) is 1. The van der Waals surface area contributed by atoms with Crippen LogP contribution in [0, 0.1) is 5.92 Å². The van der Waals surface area contributed by atoms with Gasteiger partial charge in [-0.3, -0.25) is 0 Å². The molecule has 1 saturated carbocycles. The molecule has 1 aromatic heterocycles. The summed E-state index contributed by atoms with van der Waals surface area (Å²) in [6.45, 7) is 3.89. The maximum absolute atomic E-state index is 6.21. The van der Waals surface area contributed by atoms with Crippen molar-refractivity contribution in [2.75, 3.05) is 11.9 Å². The van der Waals surface area contributed by atoms with E-state index in [1.54, 1.807) is 0 Å². The predicted octanol–water partition coefficient (Wildman–Crippen LogP) is 0.820. The van der Waals surface area contributed by atoms with Gasteiger partial charge in [0, 0.05) is 37.5 Å². The molecule has 3 N–H and O–H groups in total. The highest BCUT2D eigenvalue weighted by molar-refractivity contribution is 5.32. The smallest absolute Gasteiger partial charge is 0.203 e. The molecule has 1 aromatic rings. The van der Waals surface area contributed by atoms with Crippen molar-refractivity contribution in [2.24, 2.45) is 11.7 Å². The molecule has 2 fully saturated rings. The van der Waals surface area contributed by atoms with E-state index in [-0.39, 0.29) is 18.2 Å². The Balaban J connectivity index is 1.69. The zero-order valence-electron chi connectivity index (χ0n) is 10.2. The molecule has 94 valence electrons. The van der Waals surface area contributed by atoms with E-state index in [1.165, 1.54) is 6.42 Å². The van der Waals surface area contributed by atoms with Crippen molar-refractivity contribution in [2.45, 2.75) is 44.5 Å². The summed E-state index contributed by atoms with van der Waals surface area (Å²) in [6, 6.07) is 0.412. The van der Waals surface area contributed by atoms with E-state index in [2.05, 4.69) is 21.8 Å². The van der Waals surface area contributed by atoms with Gasteiger partial charge in [0.25, 0.3) is 0 Å². The minimum atomic E-state index is 0.197. The molecule has 1 aliphatic carbocycles. The third-order valence-corrected chi connectivity index (χ3v) is 4.03. The molecule has 4 atom stereocenters. The minimum Gasteiger partial charge on any atom is -0.376 e. The molecule has 0 radical (unpaired) electrons. The topological polar surface area (TPSA) is 65.1 Å². The molecule has 5 nitrogen and oxygen atoms in total. The lowest BCUT2D eigenvalue weighted by Gasteiger charge is -2.52. The van der Waals surface area contributed by atoms with Crippen LogP contribution in [0.1, 0.15) is 19.8 Å². The number of nitrogens with two attached hydrogens (primary N) is 1. The second-order valence-corrected chi connectivity index (χ2v) is 4.93. The number of imidazole rings is 1. The number of aromatic nitrogens is 2. The first kappa shape index (κ1) is 11.0. The number of hydrogen-bond donors (Lipinski definition) is 2. The van der Waals surface area contributed by atoms with Gasteiger partial charge in [-0.2, -0.15) is 0 Å². The van der Waals surface area contributed by atoms with E-state index in [0.29, 0.717) is 5.92 Å². The Bertz CT molecular complexity index is 392. The molecule has 1 saturated heterocycles. The van der Waals surface area contributed by atoms with E-state index >= 15 is 0 Å². The van der Waals surface area contributed by atoms with Crippen molar-refractivity contribution >= 4 is 5.95 Å². The van der Waals surface area contributed by atoms with E-state index in [4.69, 9.17) is 10.5 Å². The Morgan fingerprint density at radius 3 is 3.35 bits per heavy atom. The SMILES string of the molecule is CCn1ccnc1NC1C(N)C2CCCOC21. The molecule has 1 aliphatic heterocycles. The lowest BCUT2D eigenvalue weighted by molar-refractivity contribution is -0.104. The molecule has 4 unspecified atom stereocenters. The van der Waals surface area contributed by atoms with Crippen molar-refractivity contribution in [3.63, 3.8) is 0 Å². The quantitative estimate of drug-likeness (QED) is 0.815. The predicted molar refractivity (Wildman–Crippen MR) is 65.8 cm³/mol. The lowest BCUT2D eigenvalue weighted by Crippen LogP contribution is -2.69. The second-order valence-electron chi connectivity index (χ2n) is 4.93. The van der Waals surface area contributed by atoms with Crippen molar-refractivity contribution < 1.29 is 4.74 Å². The Labute approximate surface area is 101 Å². The number of rotatable bonds is 3. The second kappa shape index (κ2) is 4.31. The lowest BCUT2D eigenvalue weighted by atomic mass is 9.69. The summed E-state index contributed by atoms with van der Waals surface area (Å²) in [5.74, 6) is 1.44. The van der Waals surface area contributed by atoms with Crippen LogP contribution in [0.3, 0.4) is 0 Å². The fraction of sp³-hybridized carbons (Fsp3) is 0.750. The van der Waals surface area contributed by atoms with Crippen molar-refractivity contribution in [3.05, 3.63) is 12.4 Å². The standard InChI is InChI=1S/C12H20N4O/c1-2-16-6-5-14-12(16)15-10-9(13)8-4-3-7-17-11(8)10/h5-6,8-11H,2-4,7,13H2,1H3,(H,14,15). The van der Waals surface area contributed by atoms with Crippen molar-refractivity contribution in [1.82, 2.24) is 9.55 Å². The van der Waals surface area contributed by atoms with Gasteiger partial charge in [-0.05, 0) is 19.8 Å². The van der Waals surface area contributed by atoms with Crippen LogP contribution in [0.2, 0.25) is 0 Å². The maximum Gasteiger partial charge on any atom is 0.203 e. The van der Waals surface area contributed by atoms with Crippen molar-refractivity contribution in [3.8, 4) is 0 Å². The Morgan fingerprint density at radius 1 is 1.65 bits per heavy atom. The van der Waals surface area contributed by atoms with Gasteiger partial charge in [-0.1, -0.05) is 0 Å². The fourth-order valence-electron chi connectivity index (χ4n) is 2.98. The maximum atomic E-state index is 6.21. The summed E-state index contributed by atoms with van der Waals surface area (Å²) in [4.78, 5) is 4.32. The monoisotopic (exact) mass is 236 g/mol. The molecular formula is C12H20N4O. The minimum absolute atomic E-state index is 0.197. The zero-order valence-corrected chi connectivity index (χ0v) is 10.2. The van der Waals surface area contributed by atoms with Gasteiger partial charge >= 0.3 is 0 Å². The summed E-state index contributed by atoms with van der Waals surface area (Å²) in [7, 11) is 0. The molecule has 0 spiro atoms. The van der Waals surface area contributed by atoms with E-state index in [1.807, 2.05) is 12.4 Å². The van der Waals surface area contributed by atoms with Crippen LogP contribution in [0.4, 0.5) is 5.95 Å². The van der Waals surface area contributed by atoms with Crippen LogP contribution < -0.4 is 11.1 Å². The summed E-state index contributed by atoms with van der Waals surface area (Å²) in [6.07, 6.45) is 6.42. The highest BCUT2D eigenvalue weighted by Gasteiger charge is 2.50. The molecule has 2 heterocycles. The van der Waals surface area contributed by atoms with Crippen LogP contribution in [0.15, 0.2) is 12.4 Å². The van der Waals surface area contributed by atoms with E-state index in [0.717, 1.165) is 25.5 Å². The van der Waals surface area contributed by atoms with E-state index < -0.39 is 0 Å². The van der Waals surface area contributed by atoms with Gasteiger partial charge < -0.3 is 20.4 Å². The van der Waals surface area contributed by atoms with Gasteiger partial charge in [-0.15, -0.1) is 0 Å². The van der Waals surface area contributed by atoms with Gasteiger partial charge in [0.15, 0.2) is 0 Å². The molecule has 0 aromatic carbocycles. The van der Waals surface area contributed by atoms with Crippen LogP contribution in [-0.2, 0) is 11.3 Å². The zero-order chi connectivity index (χ0) is 11.8. The van der Waals surface area contributed by atoms with Gasteiger partial charge in [0.05, 0.1) is 12.1 Å². The van der Waals surface area contributed by atoms with Crippen molar-refractivity contribution in [1.29, 1.82) is 0 Å². The van der Waals surface area contributed by atoms with Gasteiger partial charge in [0.1, 0.15) is 0 Å². The molecule has 3 rings (SSSR count). The molecule has 0 amide bonds. The van der Waals surface area contributed by atoms with E-state index in [9.17, 15) is 0 Å². The number of hydrogen-bond acceptors (Lipinski definition) is 4. The molecule has 0 bridgehead atoms. The number of anilines is 1. The average Bonchev–Trinajstić information content (AvgIpc) is 2.82. The summed E-state index contributed by atoms with van der Waals surface area (Å²) in [5.41, 5.74) is 6.21. The third kappa shape index (κ3) is 1.73. The first-order valence-corrected chi connectivity index (χ1v) is 6.46. The normalized spacial score (nSPS) is 36.1. The Kier molecular flexibility index (Phi) is 2.80. The van der Waals surface area contributed by atoms with Crippen LogP contribution in [0.25, 0.3) is 0 Å². The first-order valence-electron chi connectivity index (χ1n) is 6.46. The van der Waals surface area contributed by atoms with Crippen LogP contribution in [0.5, 0.6) is 0 Å². The largest absolute Gasteiger partial charge is 0.376 e. The number of nitrogens with zero attached hydrogens (tertiary/aromatic N) is 2. The number of aryl methyl sites for hydroxylation is 1. The van der Waals surface area contributed by atoms with Gasteiger partial charge in [-0.25, -0.2) is 4.98 Å². The average molecular weight is 236 g/mol. The Hall–Kier alpha value is -1.07. The highest BCUT2D eigenvalue weighted by atomic mass is 16.5. The molecule has 17 heavy (non-hydrogen) atoms. The van der Waals surface area contributed by atoms with Gasteiger partial charge in [0.2, 0.25) is 5.95 Å². The highest BCUT2D eigenvalue weighted by Crippen LogP contribution is 2.38. The summed E-state index contributed by atoms with van der Waals surface area (Å²) >= 11 is 0. The molecular weight excluding hydrogens is 216 g/mol. The van der Waals surface area contributed by atoms with Crippen LogP contribution in [-0.4, -0.2) is 34.3 Å².